The number of carboxylic acid groups (broad SMARTS) is 1. The van der Waals surface area contributed by atoms with Crippen LogP contribution in [0, 0.1) is 5.92 Å². The molecule has 0 fully saturated rings. The fraction of sp³-hybridized carbons (Fsp3) is 0.750. The van der Waals surface area contributed by atoms with Crippen molar-refractivity contribution in [1.29, 1.82) is 0 Å². The Morgan fingerprint density at radius 2 is 1.74 bits per heavy atom. The summed E-state index contributed by atoms with van der Waals surface area (Å²) in [7, 11) is 0. The van der Waals surface area contributed by atoms with Gasteiger partial charge in [0.15, 0.2) is 0 Å². The fourth-order valence-corrected chi connectivity index (χ4v) is 1.69. The van der Waals surface area contributed by atoms with Crippen LogP contribution < -0.4 is 16.4 Å². The Bertz CT molecular complexity index is 331. The van der Waals surface area contributed by atoms with Gasteiger partial charge in [-0.05, 0) is 18.8 Å². The maximum atomic E-state index is 12.0. The van der Waals surface area contributed by atoms with Gasteiger partial charge in [-0.3, -0.25) is 4.79 Å². The zero-order valence-corrected chi connectivity index (χ0v) is 11.6. The van der Waals surface area contributed by atoms with Crippen LogP contribution in [0.3, 0.4) is 0 Å². The molecule has 19 heavy (non-hydrogen) atoms. The molecule has 0 bridgehead atoms. The molecule has 0 saturated carbocycles. The summed E-state index contributed by atoms with van der Waals surface area (Å²) >= 11 is 0. The second-order valence-electron chi connectivity index (χ2n) is 4.88. The minimum Gasteiger partial charge on any atom is -0.480 e. The molecule has 7 nitrogen and oxygen atoms in total. The van der Waals surface area contributed by atoms with E-state index in [0.717, 1.165) is 0 Å². The Hall–Kier alpha value is -1.79. The van der Waals surface area contributed by atoms with E-state index in [0.29, 0.717) is 19.3 Å². The summed E-state index contributed by atoms with van der Waals surface area (Å²) in [6, 6.07) is -2.55. The smallest absolute Gasteiger partial charge is 0.326 e. The van der Waals surface area contributed by atoms with Gasteiger partial charge in [-0.25, -0.2) is 9.59 Å². The largest absolute Gasteiger partial charge is 0.480 e. The normalized spacial score (nSPS) is 13.7. The lowest BCUT2D eigenvalue weighted by Crippen LogP contribution is -2.53. The van der Waals surface area contributed by atoms with Crippen LogP contribution in [-0.4, -0.2) is 35.1 Å². The van der Waals surface area contributed by atoms with Crippen LogP contribution in [0.1, 0.15) is 40.0 Å². The lowest BCUT2D eigenvalue weighted by Gasteiger charge is -2.21. The molecule has 2 unspecified atom stereocenters. The standard InChI is InChI=1S/C12H23N3O4/c1-4-5-8(11(17)18)14-10(16)9(6-7(2)3)15-12(13)19/h7-9H,4-6H2,1-3H3,(H,14,16)(H,17,18)(H3,13,15,19). The number of hydrogen-bond acceptors (Lipinski definition) is 3. The summed E-state index contributed by atoms with van der Waals surface area (Å²) in [5.74, 6) is -1.44. The molecule has 5 N–H and O–H groups in total. The van der Waals surface area contributed by atoms with E-state index in [2.05, 4.69) is 10.6 Å². The summed E-state index contributed by atoms with van der Waals surface area (Å²) in [5.41, 5.74) is 5.01. The maximum absolute atomic E-state index is 12.0. The minimum atomic E-state index is -1.09. The van der Waals surface area contributed by atoms with Crippen molar-refractivity contribution in [3.8, 4) is 0 Å². The maximum Gasteiger partial charge on any atom is 0.326 e. The predicted molar refractivity (Wildman–Crippen MR) is 70.4 cm³/mol. The number of urea groups is 1. The first-order valence-electron chi connectivity index (χ1n) is 6.37. The number of hydrogen-bond donors (Lipinski definition) is 4. The third-order valence-corrected chi connectivity index (χ3v) is 2.53. The average molecular weight is 273 g/mol. The number of rotatable bonds is 8. The molecule has 110 valence electrons. The van der Waals surface area contributed by atoms with Crippen LogP contribution in [-0.2, 0) is 9.59 Å². The molecule has 0 aromatic carbocycles. The van der Waals surface area contributed by atoms with Crippen molar-refractivity contribution in [2.75, 3.05) is 0 Å². The Balaban J connectivity index is 4.68. The monoisotopic (exact) mass is 273 g/mol. The molecule has 0 rings (SSSR count). The van der Waals surface area contributed by atoms with Crippen molar-refractivity contribution < 1.29 is 19.5 Å². The number of nitrogens with one attached hydrogen (secondary N) is 2. The van der Waals surface area contributed by atoms with Crippen LogP contribution in [0.5, 0.6) is 0 Å². The predicted octanol–water partition coefficient (Wildman–Crippen LogP) is 0.439. The highest BCUT2D eigenvalue weighted by atomic mass is 16.4. The van der Waals surface area contributed by atoms with Gasteiger partial charge in [0, 0.05) is 0 Å². The molecule has 0 aliphatic carbocycles. The molecular weight excluding hydrogens is 250 g/mol. The van der Waals surface area contributed by atoms with Gasteiger partial charge in [0.2, 0.25) is 5.91 Å². The van der Waals surface area contributed by atoms with Crippen molar-refractivity contribution in [1.82, 2.24) is 10.6 Å². The highest BCUT2D eigenvalue weighted by Gasteiger charge is 2.26. The van der Waals surface area contributed by atoms with Crippen molar-refractivity contribution >= 4 is 17.9 Å². The molecule has 0 spiro atoms. The van der Waals surface area contributed by atoms with E-state index in [9.17, 15) is 14.4 Å². The molecule has 0 aliphatic rings. The third-order valence-electron chi connectivity index (χ3n) is 2.53. The first-order chi connectivity index (χ1) is 8.77. The topological polar surface area (TPSA) is 122 Å². The van der Waals surface area contributed by atoms with E-state index in [1.807, 2.05) is 20.8 Å². The molecule has 2 atom stereocenters. The van der Waals surface area contributed by atoms with E-state index in [-0.39, 0.29) is 5.92 Å². The summed E-state index contributed by atoms with van der Waals surface area (Å²) in [6.45, 7) is 5.61. The quantitative estimate of drug-likeness (QED) is 0.512. The molecule has 0 heterocycles. The van der Waals surface area contributed by atoms with Gasteiger partial charge >= 0.3 is 12.0 Å². The molecule has 0 saturated heterocycles. The Labute approximate surface area is 112 Å². The van der Waals surface area contributed by atoms with Crippen molar-refractivity contribution in [2.24, 2.45) is 11.7 Å². The number of carbonyl (C=O) groups is 3. The van der Waals surface area contributed by atoms with Crippen LogP contribution in [0.2, 0.25) is 0 Å². The van der Waals surface area contributed by atoms with Crippen LogP contribution in [0.15, 0.2) is 0 Å². The number of primary amides is 1. The van der Waals surface area contributed by atoms with Gasteiger partial charge in [-0.1, -0.05) is 27.2 Å². The Morgan fingerprint density at radius 3 is 2.11 bits per heavy atom. The zero-order chi connectivity index (χ0) is 15.0. The number of aliphatic carboxylic acids is 1. The molecule has 0 aliphatic heterocycles. The van der Waals surface area contributed by atoms with E-state index < -0.39 is 30.0 Å². The lowest BCUT2D eigenvalue weighted by atomic mass is 10.0. The second kappa shape index (κ2) is 8.34. The summed E-state index contributed by atoms with van der Waals surface area (Å²) in [6.07, 6.45) is 1.37. The molecule has 0 aromatic heterocycles. The second-order valence-corrected chi connectivity index (χ2v) is 4.88. The first-order valence-corrected chi connectivity index (χ1v) is 6.37. The Kier molecular flexibility index (Phi) is 7.55. The molecule has 3 amide bonds. The van der Waals surface area contributed by atoms with Gasteiger partial charge < -0.3 is 21.5 Å². The average Bonchev–Trinajstić information content (AvgIpc) is 2.25. The van der Waals surface area contributed by atoms with E-state index in [4.69, 9.17) is 10.8 Å². The van der Waals surface area contributed by atoms with E-state index in [1.54, 1.807) is 0 Å². The van der Waals surface area contributed by atoms with Crippen LogP contribution in [0.25, 0.3) is 0 Å². The number of nitrogens with two attached hydrogens (primary N) is 1. The minimum absolute atomic E-state index is 0.164. The van der Waals surface area contributed by atoms with Gasteiger partial charge in [-0.2, -0.15) is 0 Å². The van der Waals surface area contributed by atoms with Crippen molar-refractivity contribution in [2.45, 2.75) is 52.1 Å². The number of amides is 3. The lowest BCUT2D eigenvalue weighted by molar-refractivity contribution is -0.142. The summed E-state index contributed by atoms with van der Waals surface area (Å²) in [5, 5.41) is 13.7. The molecular formula is C12H23N3O4. The van der Waals surface area contributed by atoms with E-state index in [1.165, 1.54) is 0 Å². The van der Waals surface area contributed by atoms with Gasteiger partial charge in [0.05, 0.1) is 0 Å². The van der Waals surface area contributed by atoms with Crippen molar-refractivity contribution in [3.05, 3.63) is 0 Å². The van der Waals surface area contributed by atoms with Crippen LogP contribution in [0.4, 0.5) is 4.79 Å². The SMILES string of the molecule is CCCC(NC(=O)C(CC(C)C)NC(N)=O)C(=O)O. The van der Waals surface area contributed by atoms with Crippen molar-refractivity contribution in [3.63, 3.8) is 0 Å². The molecule has 7 heteroatoms. The highest BCUT2D eigenvalue weighted by molar-refractivity contribution is 5.89. The number of carboxylic acids is 1. The summed E-state index contributed by atoms with van der Waals surface area (Å²) < 4.78 is 0. The fourth-order valence-electron chi connectivity index (χ4n) is 1.69. The Morgan fingerprint density at radius 1 is 1.16 bits per heavy atom. The molecule has 0 aromatic rings. The van der Waals surface area contributed by atoms with Gasteiger partial charge in [0.1, 0.15) is 12.1 Å². The molecule has 0 radical (unpaired) electrons. The number of carbonyl (C=O) groups excluding carboxylic acids is 2. The van der Waals surface area contributed by atoms with E-state index >= 15 is 0 Å². The van der Waals surface area contributed by atoms with Crippen LogP contribution >= 0.6 is 0 Å². The summed E-state index contributed by atoms with van der Waals surface area (Å²) in [4.78, 5) is 33.8. The van der Waals surface area contributed by atoms with Gasteiger partial charge in [0.25, 0.3) is 0 Å². The third kappa shape index (κ3) is 7.28. The first kappa shape index (κ1) is 17.2. The highest BCUT2D eigenvalue weighted by Crippen LogP contribution is 2.06. The zero-order valence-electron chi connectivity index (χ0n) is 11.6. The van der Waals surface area contributed by atoms with Gasteiger partial charge in [-0.15, -0.1) is 0 Å².